The zero-order valence-corrected chi connectivity index (χ0v) is 20.2. The van der Waals surface area contributed by atoms with Crippen LogP contribution in [0.4, 0.5) is 4.79 Å². The first-order valence-electron chi connectivity index (χ1n) is 12.5. The van der Waals surface area contributed by atoms with Crippen LogP contribution < -0.4 is 5.32 Å². The predicted octanol–water partition coefficient (Wildman–Crippen LogP) is 4.55. The van der Waals surface area contributed by atoms with Gasteiger partial charge < -0.3 is 20.1 Å². The van der Waals surface area contributed by atoms with E-state index in [0.29, 0.717) is 12.8 Å². The third-order valence-corrected chi connectivity index (χ3v) is 8.12. The first-order chi connectivity index (χ1) is 16.8. The van der Waals surface area contributed by atoms with Gasteiger partial charge >= 0.3 is 12.1 Å². The van der Waals surface area contributed by atoms with E-state index in [4.69, 9.17) is 4.74 Å². The number of hydrogen-bond donors (Lipinski definition) is 2. The molecule has 2 saturated heterocycles. The maximum Gasteiger partial charge on any atom is 0.407 e. The van der Waals surface area contributed by atoms with Crippen LogP contribution in [0.3, 0.4) is 0 Å². The van der Waals surface area contributed by atoms with Crippen LogP contribution in [-0.4, -0.2) is 52.2 Å². The van der Waals surface area contributed by atoms with E-state index < -0.39 is 23.6 Å². The Hall–Kier alpha value is -3.35. The molecule has 1 aliphatic carbocycles. The average molecular weight is 477 g/mol. The van der Waals surface area contributed by atoms with Crippen molar-refractivity contribution in [3.63, 3.8) is 0 Å². The van der Waals surface area contributed by atoms with Crippen LogP contribution in [0.5, 0.6) is 0 Å². The number of amides is 2. The van der Waals surface area contributed by atoms with E-state index in [1.54, 1.807) is 4.90 Å². The summed E-state index contributed by atoms with van der Waals surface area (Å²) in [7, 11) is 0. The molecule has 0 unspecified atom stereocenters. The van der Waals surface area contributed by atoms with Gasteiger partial charge in [0, 0.05) is 24.4 Å². The van der Waals surface area contributed by atoms with Crippen LogP contribution in [0.25, 0.3) is 11.1 Å². The summed E-state index contributed by atoms with van der Waals surface area (Å²) in [5.74, 6) is -1.18. The molecule has 3 aliphatic rings. The molecule has 2 aromatic carbocycles. The second kappa shape index (κ2) is 9.02. The van der Waals surface area contributed by atoms with E-state index in [9.17, 15) is 19.5 Å². The van der Waals surface area contributed by atoms with Gasteiger partial charge in [-0.15, -0.1) is 0 Å². The molecule has 7 nitrogen and oxygen atoms in total. The minimum atomic E-state index is -1.08. The van der Waals surface area contributed by atoms with E-state index in [1.807, 2.05) is 38.1 Å². The summed E-state index contributed by atoms with van der Waals surface area (Å²) in [6.07, 6.45) is 1.97. The molecule has 2 amide bonds. The van der Waals surface area contributed by atoms with Crippen LogP contribution in [-0.2, 0) is 14.3 Å². The summed E-state index contributed by atoms with van der Waals surface area (Å²) in [5, 5.41) is 12.7. The monoisotopic (exact) mass is 476 g/mol. The molecule has 0 spiro atoms. The Balaban J connectivity index is 1.24. The summed E-state index contributed by atoms with van der Waals surface area (Å²) >= 11 is 0. The molecular weight excluding hydrogens is 444 g/mol. The van der Waals surface area contributed by atoms with Gasteiger partial charge in [0.05, 0.1) is 0 Å². The molecule has 2 aliphatic heterocycles. The van der Waals surface area contributed by atoms with Gasteiger partial charge in [-0.2, -0.15) is 0 Å². The zero-order valence-electron chi connectivity index (χ0n) is 20.2. The van der Waals surface area contributed by atoms with E-state index in [1.165, 1.54) is 0 Å². The first kappa shape index (κ1) is 23.4. The molecule has 7 heteroatoms. The van der Waals surface area contributed by atoms with Crippen molar-refractivity contribution in [3.8, 4) is 11.1 Å². The molecule has 2 heterocycles. The van der Waals surface area contributed by atoms with Crippen molar-refractivity contribution in [2.45, 2.75) is 69.5 Å². The Bertz CT molecular complexity index is 1110. The fourth-order valence-electron chi connectivity index (χ4n) is 6.22. The number of hydrogen-bond acceptors (Lipinski definition) is 4. The Morgan fingerprint density at radius 2 is 1.60 bits per heavy atom. The lowest BCUT2D eigenvalue weighted by Crippen LogP contribution is -2.52. The minimum absolute atomic E-state index is 0.0131. The lowest BCUT2D eigenvalue weighted by molar-refractivity contribution is -0.155. The summed E-state index contributed by atoms with van der Waals surface area (Å²) in [6.45, 7) is 4.08. The highest BCUT2D eigenvalue weighted by Gasteiger charge is 2.58. The molecule has 5 rings (SSSR count). The van der Waals surface area contributed by atoms with Crippen molar-refractivity contribution in [1.29, 1.82) is 0 Å². The van der Waals surface area contributed by atoms with Crippen LogP contribution in [0.1, 0.15) is 63.0 Å². The second-order valence-electron chi connectivity index (χ2n) is 10.4. The number of carboxylic acid groups (broad SMARTS) is 1. The zero-order chi connectivity index (χ0) is 24.7. The number of rotatable bonds is 7. The highest BCUT2D eigenvalue weighted by Crippen LogP contribution is 2.47. The van der Waals surface area contributed by atoms with Gasteiger partial charge in [0.2, 0.25) is 5.91 Å². The molecule has 2 N–H and O–H groups in total. The smallest absolute Gasteiger partial charge is 0.407 e. The maximum absolute atomic E-state index is 13.2. The number of aliphatic carboxylic acids is 1. The highest BCUT2D eigenvalue weighted by molar-refractivity contribution is 5.89. The Morgan fingerprint density at radius 1 is 1.03 bits per heavy atom. The van der Waals surface area contributed by atoms with Crippen LogP contribution in [0.2, 0.25) is 0 Å². The van der Waals surface area contributed by atoms with Gasteiger partial charge in [0.15, 0.2) is 0 Å². The van der Waals surface area contributed by atoms with Gasteiger partial charge in [-0.1, -0.05) is 62.4 Å². The van der Waals surface area contributed by atoms with Crippen molar-refractivity contribution >= 4 is 18.0 Å². The van der Waals surface area contributed by atoms with Crippen molar-refractivity contribution in [2.24, 2.45) is 5.92 Å². The molecule has 0 radical (unpaired) electrons. The average Bonchev–Trinajstić information content (AvgIpc) is 3.51. The second-order valence-corrected chi connectivity index (χ2v) is 10.4. The number of ether oxygens (including phenoxy) is 1. The summed E-state index contributed by atoms with van der Waals surface area (Å²) < 4.78 is 5.67. The van der Waals surface area contributed by atoms with Gasteiger partial charge in [0.25, 0.3) is 0 Å². The van der Waals surface area contributed by atoms with Gasteiger partial charge in [-0.3, -0.25) is 4.79 Å². The standard InChI is InChI=1S/C28H32N2O5/c1-17(2)24(15-25(31)30-18-11-13-28(30,14-12-18)26(32)33)29-27(34)35-16-23-21-9-5-3-7-19(21)20-8-4-6-10-22(20)23/h3-10,17-18,23-24H,11-16H2,1-2H3,(H,29,34)(H,32,33)/t18?,24-,28?/m0/s1. The molecule has 2 fully saturated rings. The molecule has 184 valence electrons. The van der Waals surface area contributed by atoms with Crippen LogP contribution in [0.15, 0.2) is 48.5 Å². The number of benzene rings is 2. The maximum atomic E-state index is 13.2. The number of carbonyl (C=O) groups is 3. The molecule has 1 atom stereocenters. The third kappa shape index (κ3) is 3.97. The summed E-state index contributed by atoms with van der Waals surface area (Å²) in [4.78, 5) is 39.6. The lowest BCUT2D eigenvalue weighted by atomic mass is 9.88. The van der Waals surface area contributed by atoms with Crippen molar-refractivity contribution in [3.05, 3.63) is 59.7 Å². The fourth-order valence-corrected chi connectivity index (χ4v) is 6.22. The largest absolute Gasteiger partial charge is 0.479 e. The van der Waals surface area contributed by atoms with Crippen molar-refractivity contribution < 1.29 is 24.2 Å². The minimum Gasteiger partial charge on any atom is -0.479 e. The quantitative estimate of drug-likeness (QED) is 0.611. The van der Waals surface area contributed by atoms with Crippen molar-refractivity contribution in [2.75, 3.05) is 6.61 Å². The molecule has 0 aromatic heterocycles. The van der Waals surface area contributed by atoms with Gasteiger partial charge in [0.1, 0.15) is 12.1 Å². The third-order valence-electron chi connectivity index (χ3n) is 8.12. The van der Waals surface area contributed by atoms with E-state index in [0.717, 1.165) is 35.1 Å². The Kier molecular flexibility index (Phi) is 6.03. The summed E-state index contributed by atoms with van der Waals surface area (Å²) in [6, 6.07) is 15.9. The van der Waals surface area contributed by atoms with Gasteiger partial charge in [-0.05, 0) is 53.9 Å². The molecule has 2 bridgehead atoms. The fraction of sp³-hybridized carbons (Fsp3) is 0.464. The number of nitrogens with zero attached hydrogens (tertiary/aromatic N) is 1. The van der Waals surface area contributed by atoms with Crippen LogP contribution >= 0.6 is 0 Å². The number of carbonyl (C=O) groups excluding carboxylic acids is 2. The SMILES string of the molecule is CC(C)[C@H](CC(=O)N1C2CCC1(C(=O)O)CC2)NC(=O)OCC1c2ccccc2-c2ccccc21. The predicted molar refractivity (Wildman–Crippen MR) is 131 cm³/mol. The topological polar surface area (TPSA) is 95.9 Å². The lowest BCUT2D eigenvalue weighted by Gasteiger charge is -2.33. The number of alkyl carbamates (subject to hydrolysis) is 1. The number of fused-ring (bicyclic) bond motifs is 5. The molecular formula is C28H32N2O5. The molecule has 2 aromatic rings. The Morgan fingerprint density at radius 3 is 2.14 bits per heavy atom. The molecule has 0 saturated carbocycles. The van der Waals surface area contributed by atoms with E-state index in [2.05, 4.69) is 29.6 Å². The summed E-state index contributed by atoms with van der Waals surface area (Å²) in [5.41, 5.74) is 3.53. The van der Waals surface area contributed by atoms with E-state index >= 15 is 0 Å². The molecule has 35 heavy (non-hydrogen) atoms. The number of nitrogens with one attached hydrogen (secondary N) is 1. The van der Waals surface area contributed by atoms with E-state index in [-0.39, 0.29) is 36.8 Å². The normalized spacial score (nSPS) is 23.2. The van der Waals surface area contributed by atoms with Gasteiger partial charge in [-0.25, -0.2) is 9.59 Å². The van der Waals surface area contributed by atoms with Crippen LogP contribution in [0, 0.1) is 5.92 Å². The van der Waals surface area contributed by atoms with Crippen molar-refractivity contribution in [1.82, 2.24) is 10.2 Å². The first-order valence-corrected chi connectivity index (χ1v) is 12.5. The number of carboxylic acids is 1. The Labute approximate surface area is 205 Å². The highest BCUT2D eigenvalue weighted by atomic mass is 16.5.